The van der Waals surface area contributed by atoms with Crippen molar-refractivity contribution in [3.63, 3.8) is 0 Å². The predicted molar refractivity (Wildman–Crippen MR) is 66.9 cm³/mol. The molecule has 0 bridgehead atoms. The molecule has 0 fully saturated rings. The lowest BCUT2D eigenvalue weighted by molar-refractivity contribution is 0.788. The molecule has 1 aromatic rings. The van der Waals surface area contributed by atoms with E-state index in [0.29, 0.717) is 11.8 Å². The standard InChI is InChI=1S/C13H21B/c1-9(2)12-6-5-11(8-14)7-13(12)10(3)4/h5-7,9-10H,8,14H2,1-4H3. The van der Waals surface area contributed by atoms with Gasteiger partial charge in [-0.05, 0) is 23.0 Å². The summed E-state index contributed by atoms with van der Waals surface area (Å²) >= 11 is 0. The second kappa shape index (κ2) is 4.68. The highest BCUT2D eigenvalue weighted by atomic mass is 14.1. The molecule has 0 radical (unpaired) electrons. The summed E-state index contributed by atoms with van der Waals surface area (Å²) in [6.07, 6.45) is 1.14. The topological polar surface area (TPSA) is 0 Å². The van der Waals surface area contributed by atoms with Gasteiger partial charge in [0.1, 0.15) is 7.85 Å². The van der Waals surface area contributed by atoms with Crippen molar-refractivity contribution in [3.8, 4) is 0 Å². The highest BCUT2D eigenvalue weighted by molar-refractivity contribution is 6.08. The fourth-order valence-electron chi connectivity index (χ4n) is 1.87. The molecule has 0 aliphatic heterocycles. The zero-order chi connectivity index (χ0) is 10.7. The van der Waals surface area contributed by atoms with Gasteiger partial charge in [-0.2, -0.15) is 0 Å². The first kappa shape index (κ1) is 11.4. The SMILES string of the molecule is BCc1ccc(C(C)C)c(C(C)C)c1. The van der Waals surface area contributed by atoms with Gasteiger partial charge in [-0.1, -0.05) is 57.8 Å². The third kappa shape index (κ3) is 2.40. The third-order valence-electron chi connectivity index (χ3n) is 2.80. The average Bonchev–Trinajstić information content (AvgIpc) is 2.16. The normalized spacial score (nSPS) is 11.3. The van der Waals surface area contributed by atoms with Gasteiger partial charge >= 0.3 is 0 Å². The summed E-state index contributed by atoms with van der Waals surface area (Å²) in [5, 5.41) is 0. The van der Waals surface area contributed by atoms with Gasteiger partial charge in [0.25, 0.3) is 0 Å². The summed E-state index contributed by atoms with van der Waals surface area (Å²) in [7, 11) is 2.22. The molecule has 0 nitrogen and oxygen atoms in total. The van der Waals surface area contributed by atoms with Crippen LogP contribution in [0, 0.1) is 0 Å². The number of rotatable bonds is 3. The van der Waals surface area contributed by atoms with Crippen LogP contribution in [-0.2, 0) is 6.32 Å². The Hall–Kier alpha value is -0.715. The first-order chi connectivity index (χ1) is 6.56. The molecular weight excluding hydrogens is 167 g/mol. The van der Waals surface area contributed by atoms with Crippen molar-refractivity contribution >= 4 is 7.85 Å². The van der Waals surface area contributed by atoms with Gasteiger partial charge in [0.15, 0.2) is 0 Å². The van der Waals surface area contributed by atoms with E-state index in [4.69, 9.17) is 0 Å². The van der Waals surface area contributed by atoms with Crippen molar-refractivity contribution < 1.29 is 0 Å². The van der Waals surface area contributed by atoms with Gasteiger partial charge in [0.2, 0.25) is 0 Å². The minimum atomic E-state index is 0.637. The highest BCUT2D eigenvalue weighted by Crippen LogP contribution is 2.26. The monoisotopic (exact) mass is 188 g/mol. The van der Waals surface area contributed by atoms with E-state index in [1.54, 1.807) is 0 Å². The van der Waals surface area contributed by atoms with Crippen molar-refractivity contribution in [2.24, 2.45) is 0 Å². The number of hydrogen-bond donors (Lipinski definition) is 0. The predicted octanol–water partition coefficient (Wildman–Crippen LogP) is 3.07. The second-order valence-corrected chi connectivity index (χ2v) is 4.63. The Labute approximate surface area is 89.1 Å². The molecule has 0 heterocycles. The van der Waals surface area contributed by atoms with Gasteiger partial charge < -0.3 is 0 Å². The Balaban J connectivity index is 3.17. The zero-order valence-electron chi connectivity index (χ0n) is 10.1. The van der Waals surface area contributed by atoms with E-state index < -0.39 is 0 Å². The maximum atomic E-state index is 2.38. The van der Waals surface area contributed by atoms with E-state index in [-0.39, 0.29) is 0 Å². The lowest BCUT2D eigenvalue weighted by Gasteiger charge is -2.17. The van der Waals surface area contributed by atoms with Gasteiger partial charge in [0, 0.05) is 0 Å². The molecule has 1 aromatic carbocycles. The second-order valence-electron chi connectivity index (χ2n) is 4.63. The molecular formula is C13H21B. The Kier molecular flexibility index (Phi) is 3.80. The molecule has 76 valence electrons. The fraction of sp³-hybridized carbons (Fsp3) is 0.538. The maximum Gasteiger partial charge on any atom is 0.107 e. The molecule has 1 heteroatoms. The smallest absolute Gasteiger partial charge is 0.0595 e. The molecule has 0 aliphatic rings. The first-order valence-corrected chi connectivity index (χ1v) is 5.69. The van der Waals surface area contributed by atoms with E-state index in [9.17, 15) is 0 Å². The van der Waals surface area contributed by atoms with Crippen molar-refractivity contribution in [2.45, 2.75) is 45.9 Å². The molecule has 14 heavy (non-hydrogen) atoms. The van der Waals surface area contributed by atoms with Crippen molar-refractivity contribution in [2.75, 3.05) is 0 Å². The summed E-state index contributed by atoms with van der Waals surface area (Å²) in [4.78, 5) is 0. The third-order valence-corrected chi connectivity index (χ3v) is 2.80. The summed E-state index contributed by atoms with van der Waals surface area (Å²) in [6.45, 7) is 9.10. The van der Waals surface area contributed by atoms with Gasteiger partial charge in [0.05, 0.1) is 0 Å². The fourth-order valence-corrected chi connectivity index (χ4v) is 1.87. The van der Waals surface area contributed by atoms with Gasteiger partial charge in [-0.15, -0.1) is 0 Å². The molecule has 0 N–H and O–H groups in total. The molecule has 0 atom stereocenters. The van der Waals surface area contributed by atoms with E-state index in [1.807, 2.05) is 0 Å². The average molecular weight is 188 g/mol. The van der Waals surface area contributed by atoms with Gasteiger partial charge in [-0.25, -0.2) is 0 Å². The van der Waals surface area contributed by atoms with Crippen LogP contribution in [0.5, 0.6) is 0 Å². The van der Waals surface area contributed by atoms with E-state index in [2.05, 4.69) is 53.7 Å². The Bertz CT molecular complexity index is 300. The van der Waals surface area contributed by atoms with E-state index in [1.165, 1.54) is 16.7 Å². The van der Waals surface area contributed by atoms with E-state index in [0.717, 1.165) is 6.32 Å². The summed E-state index contributed by atoms with van der Waals surface area (Å²) in [5.41, 5.74) is 4.50. The Morgan fingerprint density at radius 3 is 2.00 bits per heavy atom. The largest absolute Gasteiger partial charge is 0.107 e. The Morgan fingerprint density at radius 1 is 1.00 bits per heavy atom. The van der Waals surface area contributed by atoms with Crippen LogP contribution in [0.3, 0.4) is 0 Å². The minimum absolute atomic E-state index is 0.637. The van der Waals surface area contributed by atoms with Crippen LogP contribution in [0.25, 0.3) is 0 Å². The summed E-state index contributed by atoms with van der Waals surface area (Å²) in [6, 6.07) is 6.94. The van der Waals surface area contributed by atoms with E-state index >= 15 is 0 Å². The molecule has 0 unspecified atom stereocenters. The first-order valence-electron chi connectivity index (χ1n) is 5.69. The lowest BCUT2D eigenvalue weighted by atomic mass is 9.86. The minimum Gasteiger partial charge on any atom is -0.0595 e. The molecule has 0 aliphatic carbocycles. The highest BCUT2D eigenvalue weighted by Gasteiger charge is 2.09. The zero-order valence-corrected chi connectivity index (χ0v) is 10.1. The van der Waals surface area contributed by atoms with Crippen LogP contribution in [0.15, 0.2) is 18.2 Å². The van der Waals surface area contributed by atoms with Crippen LogP contribution in [-0.4, -0.2) is 7.85 Å². The van der Waals surface area contributed by atoms with Crippen LogP contribution < -0.4 is 0 Å². The lowest BCUT2D eigenvalue weighted by Crippen LogP contribution is -2.00. The maximum absolute atomic E-state index is 2.38. The molecule has 0 saturated carbocycles. The molecule has 0 aromatic heterocycles. The van der Waals surface area contributed by atoms with Crippen molar-refractivity contribution in [1.82, 2.24) is 0 Å². The van der Waals surface area contributed by atoms with Crippen LogP contribution in [0.2, 0.25) is 0 Å². The molecule has 1 rings (SSSR count). The summed E-state index contributed by atoms with van der Waals surface area (Å²) < 4.78 is 0. The molecule has 0 saturated heterocycles. The van der Waals surface area contributed by atoms with Crippen LogP contribution in [0.1, 0.15) is 56.2 Å². The van der Waals surface area contributed by atoms with Crippen LogP contribution >= 0.6 is 0 Å². The number of hydrogen-bond acceptors (Lipinski definition) is 0. The summed E-state index contributed by atoms with van der Waals surface area (Å²) in [5.74, 6) is 1.28. The molecule has 0 amide bonds. The number of benzene rings is 1. The van der Waals surface area contributed by atoms with Crippen molar-refractivity contribution in [3.05, 3.63) is 34.9 Å². The van der Waals surface area contributed by atoms with Gasteiger partial charge in [-0.3, -0.25) is 0 Å². The van der Waals surface area contributed by atoms with Crippen molar-refractivity contribution in [1.29, 1.82) is 0 Å². The van der Waals surface area contributed by atoms with Crippen LogP contribution in [0.4, 0.5) is 0 Å². The Morgan fingerprint density at radius 2 is 1.57 bits per heavy atom. The quantitative estimate of drug-likeness (QED) is 0.639. The molecule has 0 spiro atoms.